The zero-order valence-corrected chi connectivity index (χ0v) is 17.5. The molecule has 0 amide bonds. The third kappa shape index (κ3) is 4.09. The number of aromatic nitrogens is 4. The molecule has 0 radical (unpaired) electrons. The fraction of sp³-hybridized carbons (Fsp3) is 0.0455. The van der Waals surface area contributed by atoms with Gasteiger partial charge >= 0.3 is 0 Å². The minimum absolute atomic E-state index is 0.0982. The Labute approximate surface area is 179 Å². The topological polar surface area (TPSA) is 141 Å². The predicted octanol–water partition coefficient (Wildman–Crippen LogP) is 3.09. The van der Waals surface area contributed by atoms with Crippen molar-refractivity contribution in [3.8, 4) is 33.6 Å². The summed E-state index contributed by atoms with van der Waals surface area (Å²) in [6.45, 7) is 5.75. The molecule has 1 heterocycles. The van der Waals surface area contributed by atoms with Gasteiger partial charge in [-0.2, -0.15) is 5.21 Å². The van der Waals surface area contributed by atoms with Gasteiger partial charge in [-0.15, -0.1) is 10.2 Å². The molecule has 5 N–H and O–H groups in total. The molecule has 0 saturated heterocycles. The maximum Gasteiger partial charge on any atom is 0.238 e. The predicted molar refractivity (Wildman–Crippen MR) is 120 cm³/mol. The number of benzene rings is 3. The first-order valence-electron chi connectivity index (χ1n) is 9.31. The van der Waals surface area contributed by atoms with Crippen LogP contribution >= 0.6 is 0 Å². The number of aromatic amines is 1. The van der Waals surface area contributed by atoms with Crippen LogP contribution in [0, 0.1) is 6.92 Å². The lowest BCUT2D eigenvalue weighted by Gasteiger charge is -2.15. The highest BCUT2D eigenvalue weighted by molar-refractivity contribution is 7.89. The Hall–Kier alpha value is -3.82. The molecule has 0 unspecified atom stereocenters. The van der Waals surface area contributed by atoms with E-state index in [0.717, 1.165) is 22.3 Å². The average molecular weight is 433 g/mol. The van der Waals surface area contributed by atoms with Crippen molar-refractivity contribution in [1.82, 2.24) is 20.6 Å². The van der Waals surface area contributed by atoms with Gasteiger partial charge in [0, 0.05) is 5.70 Å². The van der Waals surface area contributed by atoms with Crippen LogP contribution in [-0.4, -0.2) is 29.0 Å². The van der Waals surface area contributed by atoms with Crippen LogP contribution in [0.3, 0.4) is 0 Å². The highest BCUT2D eigenvalue weighted by Crippen LogP contribution is 2.39. The van der Waals surface area contributed by atoms with Crippen LogP contribution in [0.5, 0.6) is 0 Å². The summed E-state index contributed by atoms with van der Waals surface area (Å²) in [4.78, 5) is -0.0982. The number of H-pyrrole nitrogens is 1. The molecule has 0 bridgehead atoms. The number of rotatable bonds is 5. The van der Waals surface area contributed by atoms with Crippen molar-refractivity contribution in [2.75, 3.05) is 0 Å². The van der Waals surface area contributed by atoms with Crippen molar-refractivity contribution in [1.29, 1.82) is 0 Å². The van der Waals surface area contributed by atoms with Gasteiger partial charge in [0.2, 0.25) is 15.8 Å². The molecule has 0 atom stereocenters. The Morgan fingerprint density at radius 2 is 1.74 bits per heavy atom. The lowest BCUT2D eigenvalue weighted by Crippen LogP contribution is -2.14. The van der Waals surface area contributed by atoms with E-state index in [0.29, 0.717) is 16.8 Å². The molecule has 3 aromatic carbocycles. The van der Waals surface area contributed by atoms with E-state index in [2.05, 4.69) is 27.2 Å². The molecule has 4 aromatic rings. The number of sulfonamides is 1. The van der Waals surface area contributed by atoms with Gasteiger partial charge in [-0.05, 0) is 58.2 Å². The molecule has 31 heavy (non-hydrogen) atoms. The Bertz CT molecular complexity index is 1380. The smallest absolute Gasteiger partial charge is 0.238 e. The summed E-state index contributed by atoms with van der Waals surface area (Å²) in [5.41, 5.74) is 11.2. The minimum atomic E-state index is -4.12. The Kier molecular flexibility index (Phi) is 5.14. The second-order valence-corrected chi connectivity index (χ2v) is 8.68. The van der Waals surface area contributed by atoms with E-state index in [1.165, 1.54) is 6.07 Å². The lowest BCUT2D eigenvalue weighted by atomic mass is 9.93. The van der Waals surface area contributed by atoms with Crippen molar-refractivity contribution in [2.45, 2.75) is 11.8 Å². The van der Waals surface area contributed by atoms with Gasteiger partial charge in [0.1, 0.15) is 0 Å². The first kappa shape index (κ1) is 20.5. The first-order valence-corrected chi connectivity index (χ1v) is 10.9. The summed E-state index contributed by atoms with van der Waals surface area (Å²) in [6, 6.07) is 18.5. The molecule has 0 saturated carbocycles. The van der Waals surface area contributed by atoms with Crippen LogP contribution in [0.4, 0.5) is 0 Å². The van der Waals surface area contributed by atoms with Gasteiger partial charge in [-0.1, -0.05) is 54.6 Å². The number of nitrogens with one attached hydrogen (secondary N) is 1. The van der Waals surface area contributed by atoms with E-state index in [1.54, 1.807) is 0 Å². The quantitative estimate of drug-likeness (QED) is 0.443. The van der Waals surface area contributed by atoms with Crippen LogP contribution in [-0.2, 0) is 10.0 Å². The maximum absolute atomic E-state index is 12.6. The molecule has 0 aliphatic rings. The summed E-state index contributed by atoms with van der Waals surface area (Å²) >= 11 is 0. The van der Waals surface area contributed by atoms with Gasteiger partial charge in [0.25, 0.3) is 0 Å². The number of tetrazole rings is 1. The largest absolute Gasteiger partial charge is 0.399 e. The lowest BCUT2D eigenvalue weighted by molar-refractivity contribution is 0.598. The highest BCUT2D eigenvalue weighted by Gasteiger charge is 2.24. The monoisotopic (exact) mass is 432 g/mol. The van der Waals surface area contributed by atoms with Crippen molar-refractivity contribution in [2.24, 2.45) is 10.9 Å². The summed E-state index contributed by atoms with van der Waals surface area (Å²) in [5.74, 6) is 0.134. The van der Waals surface area contributed by atoms with Crippen molar-refractivity contribution in [3.05, 3.63) is 78.4 Å². The Morgan fingerprint density at radius 3 is 2.35 bits per heavy atom. The average Bonchev–Trinajstić information content (AvgIpc) is 3.27. The molecule has 0 fully saturated rings. The number of hydrogen-bond donors (Lipinski definition) is 3. The van der Waals surface area contributed by atoms with Crippen LogP contribution < -0.4 is 10.9 Å². The molecule has 156 valence electrons. The highest BCUT2D eigenvalue weighted by atomic mass is 32.2. The zero-order valence-electron chi connectivity index (χ0n) is 16.7. The normalized spacial score (nSPS) is 11.4. The standard InChI is InChI=1S/C22H20N6O2S/c1-13-6-8-15(9-7-13)19-11-18(17-5-3-4-16(10-17)14(2)23)12-20(31(24,29)30)21(19)22-25-27-28-26-22/h3-12H,2,23H2,1H3,(H2,24,29,30)(H,25,26,27,28). The summed E-state index contributed by atoms with van der Waals surface area (Å²) in [5, 5.41) is 19.6. The Morgan fingerprint density at radius 1 is 1.00 bits per heavy atom. The summed E-state index contributed by atoms with van der Waals surface area (Å²) in [7, 11) is -4.12. The van der Waals surface area contributed by atoms with Crippen molar-refractivity contribution < 1.29 is 8.42 Å². The molecule has 0 aliphatic heterocycles. The molecule has 4 rings (SSSR count). The molecule has 1 aromatic heterocycles. The summed E-state index contributed by atoms with van der Waals surface area (Å²) < 4.78 is 25.2. The van der Waals surface area contributed by atoms with E-state index in [1.807, 2.05) is 61.5 Å². The molecular formula is C22H20N6O2S. The van der Waals surface area contributed by atoms with Crippen LogP contribution in [0.2, 0.25) is 0 Å². The maximum atomic E-state index is 12.6. The van der Waals surface area contributed by atoms with Gasteiger partial charge < -0.3 is 5.73 Å². The van der Waals surface area contributed by atoms with Gasteiger partial charge in [0.05, 0.1) is 10.5 Å². The van der Waals surface area contributed by atoms with E-state index >= 15 is 0 Å². The molecule has 8 nitrogen and oxygen atoms in total. The van der Waals surface area contributed by atoms with Crippen molar-refractivity contribution >= 4 is 15.7 Å². The van der Waals surface area contributed by atoms with E-state index < -0.39 is 10.0 Å². The van der Waals surface area contributed by atoms with Gasteiger partial charge in [-0.3, -0.25) is 0 Å². The number of nitrogens with zero attached hydrogens (tertiary/aromatic N) is 3. The molecule has 0 spiro atoms. The van der Waals surface area contributed by atoms with E-state index in [9.17, 15) is 8.42 Å². The zero-order chi connectivity index (χ0) is 22.2. The Balaban J connectivity index is 2.08. The second kappa shape index (κ2) is 7.78. The summed E-state index contributed by atoms with van der Waals surface area (Å²) in [6.07, 6.45) is 0. The SMILES string of the molecule is C=C(N)c1cccc(-c2cc(-c3ccc(C)cc3)c(-c3nn[nH]n3)c(S(N)(=O)=O)c2)c1. The number of aryl methyl sites for hydroxylation is 1. The fourth-order valence-electron chi connectivity index (χ4n) is 3.36. The van der Waals surface area contributed by atoms with Crippen LogP contribution in [0.15, 0.2) is 72.1 Å². The van der Waals surface area contributed by atoms with Crippen LogP contribution in [0.25, 0.3) is 39.3 Å². The van der Waals surface area contributed by atoms with Gasteiger partial charge in [-0.25, -0.2) is 13.6 Å². The molecular weight excluding hydrogens is 412 g/mol. The minimum Gasteiger partial charge on any atom is -0.399 e. The van der Waals surface area contributed by atoms with Crippen molar-refractivity contribution in [3.63, 3.8) is 0 Å². The third-order valence-corrected chi connectivity index (χ3v) is 5.84. The third-order valence-electron chi connectivity index (χ3n) is 4.91. The number of hydrogen-bond acceptors (Lipinski definition) is 6. The van der Waals surface area contributed by atoms with Crippen LogP contribution in [0.1, 0.15) is 11.1 Å². The molecule has 9 heteroatoms. The number of primary sulfonamides is 1. The molecule has 0 aliphatic carbocycles. The van der Waals surface area contributed by atoms with Gasteiger partial charge in [0.15, 0.2) is 0 Å². The van der Waals surface area contributed by atoms with E-state index in [-0.39, 0.29) is 16.3 Å². The second-order valence-electron chi connectivity index (χ2n) is 7.15. The first-order chi connectivity index (χ1) is 14.7. The number of nitrogens with two attached hydrogens (primary N) is 2. The van der Waals surface area contributed by atoms with E-state index in [4.69, 9.17) is 10.9 Å². The fourth-order valence-corrected chi connectivity index (χ4v) is 4.14.